The molecular weight excluding hydrogens is 775 g/mol. The Morgan fingerprint density at radius 1 is 0.944 bits per heavy atom. The molecule has 0 fully saturated rings. The minimum Gasteiger partial charge on any atom is -0.496 e. The Hall–Kier alpha value is -4.86. The zero-order chi connectivity index (χ0) is 39.0. The van der Waals surface area contributed by atoms with E-state index in [1.54, 1.807) is 4.68 Å². The van der Waals surface area contributed by atoms with Gasteiger partial charge in [-0.15, -0.1) is 0 Å². The van der Waals surface area contributed by atoms with Crippen molar-refractivity contribution >= 4 is 69.5 Å². The summed E-state index contributed by atoms with van der Waals surface area (Å²) in [6.45, 7) is 9.36. The lowest BCUT2D eigenvalue weighted by molar-refractivity contribution is 0.0595. The van der Waals surface area contributed by atoms with Crippen molar-refractivity contribution in [2.45, 2.75) is 64.6 Å². The first-order valence-corrected chi connectivity index (χ1v) is 20.3. The van der Waals surface area contributed by atoms with Gasteiger partial charge < -0.3 is 24.0 Å². The van der Waals surface area contributed by atoms with Crippen LogP contribution >= 0.6 is 15.9 Å². The van der Waals surface area contributed by atoms with Crippen molar-refractivity contribution in [2.24, 2.45) is 0 Å². The minimum atomic E-state index is -2.79. The molecule has 0 saturated carbocycles. The summed E-state index contributed by atoms with van der Waals surface area (Å²) < 4.78 is 39.2. The van der Waals surface area contributed by atoms with Gasteiger partial charge in [-0.05, 0) is 50.2 Å². The van der Waals surface area contributed by atoms with Crippen molar-refractivity contribution in [3.8, 4) is 5.75 Å². The standard InChI is InChI=1S/C39H46BrFN6O6Si/c1-8-15-26(20-21-53-54(39(2,3)4,27-16-11-9-12-17-27)28-18-13-10-14-19-28)42-35-33-32(43-37(44-35)45-38(49)52-7)34(40)46-47(33)24-25-22-29(36(48)51-6)30(41)23-31(25)50-5/h9-14,16-19,22-23,26H,8,15,20-21,24H2,1-7H3,(H2,42,43,44,45,49)/t26-/m0/s1. The van der Waals surface area contributed by atoms with Crippen molar-refractivity contribution < 1.29 is 32.6 Å². The van der Waals surface area contributed by atoms with E-state index in [0.29, 0.717) is 40.0 Å². The molecule has 2 aromatic heterocycles. The highest BCUT2D eigenvalue weighted by molar-refractivity contribution is 9.10. The fourth-order valence-electron chi connectivity index (χ4n) is 6.75. The summed E-state index contributed by atoms with van der Waals surface area (Å²) >= 11 is 3.53. The second-order valence-electron chi connectivity index (χ2n) is 13.7. The van der Waals surface area contributed by atoms with Crippen molar-refractivity contribution in [3.63, 3.8) is 0 Å². The fourth-order valence-corrected chi connectivity index (χ4v) is 11.8. The number of fused-ring (bicyclic) bond motifs is 1. The first kappa shape index (κ1) is 40.3. The first-order chi connectivity index (χ1) is 25.9. The third-order valence-electron chi connectivity index (χ3n) is 9.22. The van der Waals surface area contributed by atoms with Crippen LogP contribution in [0.15, 0.2) is 77.4 Å². The summed E-state index contributed by atoms with van der Waals surface area (Å²) in [5.41, 5.74) is 1.11. The number of aromatic nitrogens is 4. The molecular formula is C39H46BrFN6O6Si. The predicted molar refractivity (Wildman–Crippen MR) is 213 cm³/mol. The summed E-state index contributed by atoms with van der Waals surface area (Å²) in [6, 6.07) is 23.4. The highest BCUT2D eigenvalue weighted by Crippen LogP contribution is 2.37. The second-order valence-corrected chi connectivity index (χ2v) is 18.8. The smallest absolute Gasteiger partial charge is 0.413 e. The van der Waals surface area contributed by atoms with Crippen LogP contribution in [0, 0.1) is 5.82 Å². The fraction of sp³-hybridized carbons (Fsp3) is 0.359. The number of carbonyl (C=O) groups is 2. The number of methoxy groups -OCH3 is 3. The number of hydrogen-bond donors (Lipinski definition) is 2. The minimum absolute atomic E-state index is 0.00301. The third-order valence-corrected chi connectivity index (χ3v) is 14.8. The van der Waals surface area contributed by atoms with Crippen LogP contribution in [0.2, 0.25) is 5.04 Å². The molecule has 286 valence electrons. The summed E-state index contributed by atoms with van der Waals surface area (Å²) in [5, 5.41) is 13.1. The van der Waals surface area contributed by atoms with Crippen LogP contribution in [0.25, 0.3) is 11.0 Å². The van der Waals surface area contributed by atoms with Crippen molar-refractivity contribution in [1.82, 2.24) is 19.7 Å². The van der Waals surface area contributed by atoms with Crippen LogP contribution < -0.4 is 25.7 Å². The molecule has 15 heteroatoms. The highest BCUT2D eigenvalue weighted by atomic mass is 79.9. The molecule has 3 aromatic carbocycles. The molecule has 5 aromatic rings. The molecule has 0 unspecified atom stereocenters. The van der Waals surface area contributed by atoms with Gasteiger partial charge in [0.2, 0.25) is 5.95 Å². The van der Waals surface area contributed by atoms with Crippen molar-refractivity contribution in [3.05, 3.63) is 94.3 Å². The van der Waals surface area contributed by atoms with Gasteiger partial charge in [0.15, 0.2) is 10.4 Å². The molecule has 0 aliphatic heterocycles. The number of amides is 1. The van der Waals surface area contributed by atoms with E-state index in [-0.39, 0.29) is 34.9 Å². The molecule has 2 N–H and O–H groups in total. The molecule has 0 saturated heterocycles. The number of carbonyl (C=O) groups excluding carboxylic acids is 2. The Morgan fingerprint density at radius 2 is 1.59 bits per heavy atom. The molecule has 5 rings (SSSR count). The molecule has 12 nitrogen and oxygen atoms in total. The van der Waals surface area contributed by atoms with E-state index in [4.69, 9.17) is 23.6 Å². The summed E-state index contributed by atoms with van der Waals surface area (Å²) in [4.78, 5) is 34.0. The number of esters is 1. The van der Waals surface area contributed by atoms with Crippen LogP contribution in [-0.2, 0) is 20.4 Å². The van der Waals surface area contributed by atoms with Crippen LogP contribution in [0.5, 0.6) is 5.75 Å². The maximum Gasteiger partial charge on any atom is 0.413 e. The summed E-state index contributed by atoms with van der Waals surface area (Å²) in [6.07, 6.45) is 1.54. The maximum atomic E-state index is 14.8. The van der Waals surface area contributed by atoms with E-state index in [2.05, 4.69) is 113 Å². The Kier molecular flexibility index (Phi) is 13.1. The number of ether oxygens (including phenoxy) is 3. The zero-order valence-corrected chi connectivity index (χ0v) is 34.1. The number of hydrogen-bond acceptors (Lipinski definition) is 10. The van der Waals surface area contributed by atoms with E-state index in [0.717, 1.165) is 18.9 Å². The van der Waals surface area contributed by atoms with Gasteiger partial charge in [0.25, 0.3) is 8.32 Å². The van der Waals surface area contributed by atoms with E-state index in [1.165, 1.54) is 37.8 Å². The molecule has 0 bridgehead atoms. The number of nitrogens with one attached hydrogen (secondary N) is 2. The quantitative estimate of drug-likeness (QED) is 0.0818. The van der Waals surface area contributed by atoms with Crippen LogP contribution in [-0.4, -0.2) is 74.1 Å². The van der Waals surface area contributed by atoms with E-state index < -0.39 is 26.2 Å². The third kappa shape index (κ3) is 8.58. The zero-order valence-electron chi connectivity index (χ0n) is 31.5. The topological polar surface area (TPSA) is 139 Å². The number of benzene rings is 3. The molecule has 0 aliphatic carbocycles. The van der Waals surface area contributed by atoms with Gasteiger partial charge in [-0.25, -0.2) is 19.0 Å². The average Bonchev–Trinajstić information content (AvgIpc) is 3.47. The second kappa shape index (κ2) is 17.5. The Labute approximate surface area is 324 Å². The van der Waals surface area contributed by atoms with Gasteiger partial charge in [0.1, 0.15) is 22.6 Å². The maximum absolute atomic E-state index is 14.8. The molecule has 2 heterocycles. The number of halogens is 2. The Balaban J connectivity index is 1.55. The summed E-state index contributed by atoms with van der Waals surface area (Å²) in [5.74, 6) is -0.995. The lowest BCUT2D eigenvalue weighted by Crippen LogP contribution is -2.66. The van der Waals surface area contributed by atoms with Crippen molar-refractivity contribution in [2.75, 3.05) is 38.6 Å². The molecule has 54 heavy (non-hydrogen) atoms. The van der Waals surface area contributed by atoms with Gasteiger partial charge in [0, 0.05) is 24.3 Å². The van der Waals surface area contributed by atoms with Crippen LogP contribution in [0.3, 0.4) is 0 Å². The van der Waals surface area contributed by atoms with Gasteiger partial charge in [-0.2, -0.15) is 10.1 Å². The Morgan fingerprint density at radius 3 is 2.15 bits per heavy atom. The molecule has 0 radical (unpaired) electrons. The van der Waals surface area contributed by atoms with E-state index in [1.807, 2.05) is 12.1 Å². The van der Waals surface area contributed by atoms with Crippen LogP contribution in [0.4, 0.5) is 21.0 Å². The normalized spacial score (nSPS) is 12.3. The molecule has 0 aliphatic rings. The lowest BCUT2D eigenvalue weighted by atomic mass is 10.1. The number of nitrogens with zero attached hydrogens (tertiary/aromatic N) is 4. The number of anilines is 2. The average molecular weight is 822 g/mol. The highest BCUT2D eigenvalue weighted by Gasteiger charge is 2.50. The largest absolute Gasteiger partial charge is 0.496 e. The van der Waals surface area contributed by atoms with Gasteiger partial charge >= 0.3 is 12.1 Å². The van der Waals surface area contributed by atoms with Gasteiger partial charge in [-0.3, -0.25) is 10.00 Å². The summed E-state index contributed by atoms with van der Waals surface area (Å²) in [7, 11) is 1.06. The lowest BCUT2D eigenvalue weighted by Gasteiger charge is -2.43. The monoisotopic (exact) mass is 820 g/mol. The van der Waals surface area contributed by atoms with Gasteiger partial charge in [-0.1, -0.05) is 94.8 Å². The first-order valence-electron chi connectivity index (χ1n) is 17.6. The van der Waals surface area contributed by atoms with E-state index in [9.17, 15) is 14.0 Å². The predicted octanol–water partition coefficient (Wildman–Crippen LogP) is 7.30. The SMILES string of the molecule is CCC[C@@H](CCO[Si](c1ccccc1)(c1ccccc1)C(C)(C)C)Nc1nc(NC(=O)OC)nc2c(Br)nn(Cc3cc(C(=O)OC)c(F)cc3OC)c12. The molecule has 1 amide bonds. The van der Waals surface area contributed by atoms with Crippen LogP contribution in [0.1, 0.15) is 62.9 Å². The molecule has 1 atom stereocenters. The Bertz CT molecular complexity index is 2040. The number of rotatable bonds is 15. The molecule has 0 spiro atoms. The van der Waals surface area contributed by atoms with Gasteiger partial charge in [0.05, 0.1) is 33.4 Å². The van der Waals surface area contributed by atoms with Crippen molar-refractivity contribution in [1.29, 1.82) is 0 Å². The van der Waals surface area contributed by atoms with E-state index >= 15 is 0 Å².